The summed E-state index contributed by atoms with van der Waals surface area (Å²) in [6.45, 7) is -0.684. The Morgan fingerprint density at radius 3 is 2.70 bits per heavy atom. The van der Waals surface area contributed by atoms with Crippen molar-refractivity contribution in [3.63, 3.8) is 0 Å². The molecule has 1 unspecified atom stereocenters. The molecule has 2 rings (SSSR count). The van der Waals surface area contributed by atoms with E-state index in [1.807, 2.05) is 12.1 Å². The van der Waals surface area contributed by atoms with Gasteiger partial charge < -0.3 is 20.8 Å². The third kappa shape index (κ3) is 3.01. The molecular formula is C13H13N3O4. The summed E-state index contributed by atoms with van der Waals surface area (Å²) in [7, 11) is 0. The highest BCUT2D eigenvalue weighted by atomic mass is 16.4. The van der Waals surface area contributed by atoms with Crippen LogP contribution in [0.25, 0.3) is 10.9 Å². The van der Waals surface area contributed by atoms with Gasteiger partial charge in [0.15, 0.2) is 6.04 Å². The number of aliphatic hydroxyl groups excluding tert-OH is 1. The zero-order valence-electron chi connectivity index (χ0n) is 10.4. The molecule has 4 N–H and O–H groups in total. The first-order chi connectivity index (χ1) is 9.61. The van der Waals surface area contributed by atoms with Crippen molar-refractivity contribution in [2.24, 2.45) is 0 Å². The summed E-state index contributed by atoms with van der Waals surface area (Å²) in [5, 5.41) is 23.1. The van der Waals surface area contributed by atoms with Crippen molar-refractivity contribution >= 4 is 28.6 Å². The highest BCUT2D eigenvalue weighted by Crippen LogP contribution is 2.20. The molecule has 0 saturated carbocycles. The van der Waals surface area contributed by atoms with Crippen molar-refractivity contribution in [2.75, 3.05) is 11.9 Å². The number of urea groups is 1. The normalized spacial score (nSPS) is 11.8. The van der Waals surface area contributed by atoms with Crippen molar-refractivity contribution in [2.45, 2.75) is 6.04 Å². The van der Waals surface area contributed by atoms with Crippen LogP contribution in [0.1, 0.15) is 0 Å². The van der Waals surface area contributed by atoms with Crippen molar-refractivity contribution in [1.82, 2.24) is 10.3 Å². The number of benzene rings is 1. The Kier molecular flexibility index (Phi) is 4.11. The minimum Gasteiger partial charge on any atom is -0.480 e. The van der Waals surface area contributed by atoms with E-state index in [0.29, 0.717) is 11.2 Å². The largest absolute Gasteiger partial charge is 0.480 e. The number of carbonyl (C=O) groups excluding carboxylic acids is 1. The monoisotopic (exact) mass is 275 g/mol. The van der Waals surface area contributed by atoms with Gasteiger partial charge in [0.25, 0.3) is 0 Å². The number of carboxylic acids is 1. The number of anilines is 1. The summed E-state index contributed by atoms with van der Waals surface area (Å²) in [4.78, 5) is 26.6. The number of hydrogen-bond donors (Lipinski definition) is 4. The first kappa shape index (κ1) is 13.8. The SMILES string of the molecule is O=C(Nc1cccc2cccnc12)NC(CO)C(=O)O. The van der Waals surface area contributed by atoms with Crippen LogP contribution in [-0.4, -0.2) is 39.8 Å². The molecule has 1 heterocycles. The number of nitrogens with one attached hydrogen (secondary N) is 2. The predicted molar refractivity (Wildman–Crippen MR) is 72.4 cm³/mol. The second kappa shape index (κ2) is 5.98. The number of aromatic nitrogens is 1. The van der Waals surface area contributed by atoms with E-state index in [2.05, 4.69) is 15.6 Å². The lowest BCUT2D eigenvalue weighted by Gasteiger charge is -2.13. The van der Waals surface area contributed by atoms with E-state index in [1.54, 1.807) is 24.4 Å². The smallest absolute Gasteiger partial charge is 0.328 e. The fourth-order valence-electron chi connectivity index (χ4n) is 1.71. The van der Waals surface area contributed by atoms with E-state index in [0.717, 1.165) is 5.39 Å². The zero-order valence-corrected chi connectivity index (χ0v) is 10.4. The van der Waals surface area contributed by atoms with Crippen LogP contribution in [0.2, 0.25) is 0 Å². The average Bonchev–Trinajstić information content (AvgIpc) is 2.45. The zero-order chi connectivity index (χ0) is 14.5. The third-order valence-corrected chi connectivity index (χ3v) is 2.67. The Labute approximate surface area is 114 Å². The fourth-order valence-corrected chi connectivity index (χ4v) is 1.71. The molecule has 0 spiro atoms. The molecule has 0 aliphatic heterocycles. The molecule has 2 aromatic rings. The highest BCUT2D eigenvalue weighted by Gasteiger charge is 2.18. The van der Waals surface area contributed by atoms with Gasteiger partial charge in [0.2, 0.25) is 0 Å². The molecule has 0 saturated heterocycles. The average molecular weight is 275 g/mol. The van der Waals surface area contributed by atoms with Gasteiger partial charge >= 0.3 is 12.0 Å². The Bertz CT molecular complexity index is 639. The highest BCUT2D eigenvalue weighted by molar-refractivity contribution is 6.00. The summed E-state index contributed by atoms with van der Waals surface area (Å²) < 4.78 is 0. The van der Waals surface area contributed by atoms with Crippen LogP contribution < -0.4 is 10.6 Å². The van der Waals surface area contributed by atoms with Crippen molar-refractivity contribution in [3.8, 4) is 0 Å². The number of rotatable bonds is 4. The lowest BCUT2D eigenvalue weighted by atomic mass is 10.2. The van der Waals surface area contributed by atoms with Crippen LogP contribution in [0, 0.1) is 0 Å². The van der Waals surface area contributed by atoms with Gasteiger partial charge in [0, 0.05) is 11.6 Å². The molecule has 0 radical (unpaired) electrons. The number of para-hydroxylation sites is 1. The Balaban J connectivity index is 2.16. The number of nitrogens with zero attached hydrogens (tertiary/aromatic N) is 1. The van der Waals surface area contributed by atoms with Crippen molar-refractivity contribution < 1.29 is 19.8 Å². The number of aliphatic hydroxyl groups is 1. The first-order valence-corrected chi connectivity index (χ1v) is 5.86. The third-order valence-electron chi connectivity index (χ3n) is 2.67. The summed E-state index contributed by atoms with van der Waals surface area (Å²) in [5.74, 6) is -1.31. The van der Waals surface area contributed by atoms with Crippen LogP contribution in [0.5, 0.6) is 0 Å². The molecular weight excluding hydrogens is 262 g/mol. The number of fused-ring (bicyclic) bond motifs is 1. The van der Waals surface area contributed by atoms with Gasteiger partial charge in [-0.1, -0.05) is 18.2 Å². The molecule has 0 aliphatic carbocycles. The minimum atomic E-state index is -1.35. The van der Waals surface area contributed by atoms with Crippen LogP contribution >= 0.6 is 0 Å². The maximum absolute atomic E-state index is 11.7. The quantitative estimate of drug-likeness (QED) is 0.659. The van der Waals surface area contributed by atoms with E-state index in [1.165, 1.54) is 0 Å². The second-order valence-electron chi connectivity index (χ2n) is 4.05. The van der Waals surface area contributed by atoms with E-state index in [4.69, 9.17) is 10.2 Å². The number of hydrogen-bond acceptors (Lipinski definition) is 4. The maximum Gasteiger partial charge on any atom is 0.328 e. The van der Waals surface area contributed by atoms with Gasteiger partial charge in [-0.05, 0) is 12.1 Å². The van der Waals surface area contributed by atoms with Crippen LogP contribution in [0.3, 0.4) is 0 Å². The van der Waals surface area contributed by atoms with Crippen molar-refractivity contribution in [1.29, 1.82) is 0 Å². The molecule has 0 fully saturated rings. The lowest BCUT2D eigenvalue weighted by Crippen LogP contribution is -2.45. The number of carboxylic acid groups (broad SMARTS) is 1. The molecule has 1 aromatic carbocycles. The lowest BCUT2D eigenvalue weighted by molar-refractivity contribution is -0.140. The van der Waals surface area contributed by atoms with E-state index in [9.17, 15) is 9.59 Å². The van der Waals surface area contributed by atoms with Gasteiger partial charge in [-0.25, -0.2) is 9.59 Å². The Morgan fingerprint density at radius 2 is 2.00 bits per heavy atom. The molecule has 0 bridgehead atoms. The maximum atomic E-state index is 11.7. The van der Waals surface area contributed by atoms with E-state index < -0.39 is 24.6 Å². The molecule has 1 aromatic heterocycles. The van der Waals surface area contributed by atoms with E-state index in [-0.39, 0.29) is 0 Å². The van der Waals surface area contributed by atoms with Gasteiger partial charge in [-0.3, -0.25) is 4.98 Å². The number of amides is 2. The summed E-state index contributed by atoms with van der Waals surface area (Å²) in [5.41, 5.74) is 1.06. The molecule has 2 amide bonds. The van der Waals surface area contributed by atoms with Gasteiger partial charge in [-0.15, -0.1) is 0 Å². The Morgan fingerprint density at radius 1 is 1.25 bits per heavy atom. The molecule has 1 atom stereocenters. The number of pyridine rings is 1. The molecule has 104 valence electrons. The first-order valence-electron chi connectivity index (χ1n) is 5.86. The Hall–Kier alpha value is -2.67. The number of aliphatic carboxylic acids is 1. The van der Waals surface area contributed by atoms with Crippen LogP contribution in [0.4, 0.5) is 10.5 Å². The summed E-state index contributed by atoms with van der Waals surface area (Å²) in [6, 6.07) is 6.81. The standard InChI is InChI=1S/C13H13N3O4/c17-7-10(12(18)19)16-13(20)15-9-5-1-3-8-4-2-6-14-11(8)9/h1-6,10,17H,7H2,(H,18,19)(H2,15,16,20). The minimum absolute atomic E-state index is 0.461. The van der Waals surface area contributed by atoms with E-state index >= 15 is 0 Å². The fraction of sp³-hybridized carbons (Fsp3) is 0.154. The number of carbonyl (C=O) groups is 2. The molecule has 7 heteroatoms. The predicted octanol–water partition coefficient (Wildman–Crippen LogP) is 0.802. The summed E-state index contributed by atoms with van der Waals surface area (Å²) in [6.07, 6.45) is 1.60. The topological polar surface area (TPSA) is 112 Å². The second-order valence-corrected chi connectivity index (χ2v) is 4.05. The molecule has 20 heavy (non-hydrogen) atoms. The van der Waals surface area contributed by atoms with Gasteiger partial charge in [-0.2, -0.15) is 0 Å². The van der Waals surface area contributed by atoms with Gasteiger partial charge in [0.05, 0.1) is 17.8 Å². The van der Waals surface area contributed by atoms with Crippen molar-refractivity contribution in [3.05, 3.63) is 36.5 Å². The molecule has 0 aliphatic rings. The summed E-state index contributed by atoms with van der Waals surface area (Å²) >= 11 is 0. The van der Waals surface area contributed by atoms with Gasteiger partial charge in [0.1, 0.15) is 0 Å². The molecule has 7 nitrogen and oxygen atoms in total. The van der Waals surface area contributed by atoms with Crippen LogP contribution in [-0.2, 0) is 4.79 Å². The van der Waals surface area contributed by atoms with Crippen LogP contribution in [0.15, 0.2) is 36.5 Å².